The molecule has 3 rings (SSSR count). The average molecular weight is 244 g/mol. The van der Waals surface area contributed by atoms with E-state index in [-0.39, 0.29) is 11.0 Å². The maximum atomic E-state index is 6.26. The molecule has 1 saturated carbocycles. The van der Waals surface area contributed by atoms with E-state index in [2.05, 4.69) is 37.9 Å². The molecule has 1 aliphatic carbocycles. The fourth-order valence-corrected chi connectivity index (χ4v) is 2.38. The molecule has 0 bridgehead atoms. The van der Waals surface area contributed by atoms with E-state index < -0.39 is 0 Å². The summed E-state index contributed by atoms with van der Waals surface area (Å²) >= 11 is 0. The van der Waals surface area contributed by atoms with Gasteiger partial charge in [0, 0.05) is 0 Å². The summed E-state index contributed by atoms with van der Waals surface area (Å²) in [6, 6.07) is 6.24. The largest absolute Gasteiger partial charge is 0.439 e. The third-order valence-corrected chi connectivity index (χ3v) is 3.93. The van der Waals surface area contributed by atoms with Crippen LogP contribution in [0.5, 0.6) is 0 Å². The molecule has 1 aromatic heterocycles. The van der Waals surface area contributed by atoms with E-state index in [0.29, 0.717) is 5.89 Å². The monoisotopic (exact) mass is 244 g/mol. The lowest BCUT2D eigenvalue weighted by Gasteiger charge is -2.34. The molecule has 0 unspecified atom stereocenters. The van der Waals surface area contributed by atoms with E-state index in [0.717, 1.165) is 23.9 Å². The molecule has 0 saturated heterocycles. The highest BCUT2D eigenvalue weighted by Gasteiger charge is 2.39. The van der Waals surface area contributed by atoms with Crippen molar-refractivity contribution in [3.05, 3.63) is 29.7 Å². The van der Waals surface area contributed by atoms with Gasteiger partial charge in [0.25, 0.3) is 0 Å². The number of benzene rings is 1. The molecule has 0 atom stereocenters. The van der Waals surface area contributed by atoms with Gasteiger partial charge in [0.05, 0.1) is 5.54 Å². The first-order valence-corrected chi connectivity index (χ1v) is 6.59. The minimum absolute atomic E-state index is 0.129. The number of nitrogens with two attached hydrogens (primary N) is 1. The van der Waals surface area contributed by atoms with Crippen LogP contribution in [0.4, 0.5) is 0 Å². The maximum Gasteiger partial charge on any atom is 0.215 e. The Hall–Kier alpha value is -1.35. The summed E-state index contributed by atoms with van der Waals surface area (Å²) in [4.78, 5) is 4.59. The van der Waals surface area contributed by atoms with E-state index >= 15 is 0 Å². The highest BCUT2D eigenvalue weighted by molar-refractivity contribution is 5.74. The van der Waals surface area contributed by atoms with Crippen LogP contribution in [-0.2, 0) is 11.0 Å². The van der Waals surface area contributed by atoms with Gasteiger partial charge >= 0.3 is 0 Å². The summed E-state index contributed by atoms with van der Waals surface area (Å²) in [5.74, 6) is 0.704. The van der Waals surface area contributed by atoms with Crippen molar-refractivity contribution in [1.29, 1.82) is 0 Å². The number of hydrogen-bond donors (Lipinski definition) is 1. The highest BCUT2D eigenvalue weighted by atomic mass is 16.4. The topological polar surface area (TPSA) is 52.0 Å². The summed E-state index contributed by atoms with van der Waals surface area (Å²) in [6.45, 7) is 6.60. The Kier molecular flexibility index (Phi) is 2.33. The van der Waals surface area contributed by atoms with Gasteiger partial charge < -0.3 is 10.2 Å². The molecule has 18 heavy (non-hydrogen) atoms. The molecule has 1 heterocycles. The Labute approximate surface area is 107 Å². The van der Waals surface area contributed by atoms with Crippen molar-refractivity contribution in [2.24, 2.45) is 5.73 Å². The minimum Gasteiger partial charge on any atom is -0.439 e. The zero-order valence-corrected chi connectivity index (χ0v) is 11.3. The number of fused-ring (bicyclic) bond motifs is 1. The van der Waals surface area contributed by atoms with Crippen LogP contribution in [0.2, 0.25) is 0 Å². The van der Waals surface area contributed by atoms with Gasteiger partial charge in [-0.1, -0.05) is 26.8 Å². The Morgan fingerprint density at radius 2 is 2.00 bits per heavy atom. The van der Waals surface area contributed by atoms with Gasteiger partial charge in [-0.15, -0.1) is 0 Å². The van der Waals surface area contributed by atoms with E-state index in [4.69, 9.17) is 10.2 Å². The van der Waals surface area contributed by atoms with Crippen LogP contribution >= 0.6 is 0 Å². The average Bonchev–Trinajstić information content (AvgIpc) is 2.67. The quantitative estimate of drug-likeness (QED) is 0.835. The van der Waals surface area contributed by atoms with E-state index in [1.165, 1.54) is 12.0 Å². The van der Waals surface area contributed by atoms with Gasteiger partial charge in [-0.2, -0.15) is 0 Å². The van der Waals surface area contributed by atoms with Gasteiger partial charge in [0.1, 0.15) is 5.52 Å². The van der Waals surface area contributed by atoms with Crippen LogP contribution in [0.25, 0.3) is 11.1 Å². The summed E-state index contributed by atoms with van der Waals surface area (Å²) in [6.07, 6.45) is 3.13. The third kappa shape index (κ3) is 1.74. The maximum absolute atomic E-state index is 6.26. The first-order chi connectivity index (χ1) is 8.38. The lowest BCUT2D eigenvalue weighted by Crippen LogP contribution is -2.43. The Morgan fingerprint density at radius 1 is 1.28 bits per heavy atom. The molecule has 1 fully saturated rings. The summed E-state index contributed by atoms with van der Waals surface area (Å²) < 4.78 is 5.81. The summed E-state index contributed by atoms with van der Waals surface area (Å²) in [5.41, 5.74) is 9.11. The molecule has 0 aliphatic heterocycles. The van der Waals surface area contributed by atoms with E-state index in [9.17, 15) is 0 Å². The molecule has 0 radical (unpaired) electrons. The van der Waals surface area contributed by atoms with Crippen LogP contribution in [0, 0.1) is 0 Å². The Bertz CT molecular complexity index is 588. The predicted octanol–water partition coefficient (Wildman–Crippen LogP) is 3.46. The standard InChI is InChI=1S/C15H20N2O/c1-14(2,3)10-5-6-12-11(9-10)17-13(18-12)15(16)7-4-8-15/h5-6,9H,4,7-8,16H2,1-3H3. The molecule has 96 valence electrons. The third-order valence-electron chi connectivity index (χ3n) is 3.93. The summed E-state index contributed by atoms with van der Waals surface area (Å²) in [7, 11) is 0. The predicted molar refractivity (Wildman–Crippen MR) is 72.4 cm³/mol. The van der Waals surface area contributed by atoms with Crippen LogP contribution in [0.1, 0.15) is 51.5 Å². The second-order valence-corrected chi connectivity index (χ2v) is 6.46. The molecule has 3 heteroatoms. The van der Waals surface area contributed by atoms with Gasteiger partial charge in [0.15, 0.2) is 5.58 Å². The van der Waals surface area contributed by atoms with Crippen molar-refractivity contribution >= 4 is 11.1 Å². The van der Waals surface area contributed by atoms with Crippen LogP contribution in [0.15, 0.2) is 22.6 Å². The minimum atomic E-state index is -0.319. The molecule has 2 N–H and O–H groups in total. The molecule has 1 aliphatic rings. The van der Waals surface area contributed by atoms with Gasteiger partial charge in [-0.05, 0) is 42.4 Å². The van der Waals surface area contributed by atoms with E-state index in [1.807, 2.05) is 6.07 Å². The van der Waals surface area contributed by atoms with Crippen molar-refractivity contribution < 1.29 is 4.42 Å². The molecule has 0 spiro atoms. The second-order valence-electron chi connectivity index (χ2n) is 6.46. The number of nitrogens with zero attached hydrogens (tertiary/aromatic N) is 1. The lowest BCUT2D eigenvalue weighted by atomic mass is 9.78. The number of aromatic nitrogens is 1. The van der Waals surface area contributed by atoms with Crippen LogP contribution in [0.3, 0.4) is 0 Å². The van der Waals surface area contributed by atoms with Crippen LogP contribution < -0.4 is 5.73 Å². The molecule has 3 nitrogen and oxygen atoms in total. The lowest BCUT2D eigenvalue weighted by molar-refractivity contribution is 0.203. The molecular weight excluding hydrogens is 224 g/mol. The van der Waals surface area contributed by atoms with Crippen molar-refractivity contribution in [3.8, 4) is 0 Å². The zero-order chi connectivity index (χ0) is 13.0. The first-order valence-electron chi connectivity index (χ1n) is 6.59. The molecular formula is C15H20N2O. The van der Waals surface area contributed by atoms with Gasteiger partial charge in [0.2, 0.25) is 5.89 Å². The SMILES string of the molecule is CC(C)(C)c1ccc2oc(C3(N)CCC3)nc2c1. The highest BCUT2D eigenvalue weighted by Crippen LogP contribution is 2.39. The Morgan fingerprint density at radius 3 is 2.56 bits per heavy atom. The molecule has 2 aromatic rings. The second kappa shape index (κ2) is 3.58. The first kappa shape index (κ1) is 11.7. The Balaban J connectivity index is 2.07. The number of oxazole rings is 1. The fourth-order valence-electron chi connectivity index (χ4n) is 2.38. The zero-order valence-electron chi connectivity index (χ0n) is 11.3. The summed E-state index contributed by atoms with van der Waals surface area (Å²) in [5, 5.41) is 0. The number of hydrogen-bond acceptors (Lipinski definition) is 3. The normalized spacial score (nSPS) is 18.9. The van der Waals surface area contributed by atoms with Crippen molar-refractivity contribution in [3.63, 3.8) is 0 Å². The fraction of sp³-hybridized carbons (Fsp3) is 0.533. The van der Waals surface area contributed by atoms with Crippen molar-refractivity contribution in [2.45, 2.75) is 51.0 Å². The molecule has 0 amide bonds. The van der Waals surface area contributed by atoms with Gasteiger partial charge in [-0.25, -0.2) is 4.98 Å². The number of rotatable bonds is 1. The van der Waals surface area contributed by atoms with Crippen molar-refractivity contribution in [1.82, 2.24) is 4.98 Å². The van der Waals surface area contributed by atoms with Crippen molar-refractivity contribution in [2.75, 3.05) is 0 Å². The van der Waals surface area contributed by atoms with Gasteiger partial charge in [-0.3, -0.25) is 0 Å². The molecule has 1 aromatic carbocycles. The smallest absolute Gasteiger partial charge is 0.215 e. The van der Waals surface area contributed by atoms with Crippen LogP contribution in [-0.4, -0.2) is 4.98 Å². The van der Waals surface area contributed by atoms with E-state index in [1.54, 1.807) is 0 Å².